The molecule has 0 saturated heterocycles. The van der Waals surface area contributed by atoms with Crippen LogP contribution in [0.1, 0.15) is 5.82 Å². The van der Waals surface area contributed by atoms with E-state index in [2.05, 4.69) is 19.9 Å². The molecule has 0 radical (unpaired) electrons. The van der Waals surface area contributed by atoms with E-state index in [4.69, 9.17) is 5.73 Å². The van der Waals surface area contributed by atoms with Crippen molar-refractivity contribution in [3.63, 3.8) is 0 Å². The summed E-state index contributed by atoms with van der Waals surface area (Å²) in [5, 5.41) is 0. The molecule has 0 aliphatic rings. The average molecular weight is 163 g/mol. The number of nitrogens with zero attached hydrogens (tertiary/aromatic N) is 3. The summed E-state index contributed by atoms with van der Waals surface area (Å²) in [5.74, 6) is 0.747. The molecule has 0 aliphatic heterocycles. The summed E-state index contributed by atoms with van der Waals surface area (Å²) < 4.78 is 0. The summed E-state index contributed by atoms with van der Waals surface area (Å²) in [6.07, 6.45) is 4.02. The van der Waals surface area contributed by atoms with Crippen molar-refractivity contribution in [2.45, 2.75) is 6.42 Å². The third-order valence-corrected chi connectivity index (χ3v) is 1.59. The molecular formula is C7H9N5. The van der Waals surface area contributed by atoms with Crippen molar-refractivity contribution in [2.75, 3.05) is 6.54 Å². The van der Waals surface area contributed by atoms with Gasteiger partial charge in [0, 0.05) is 6.42 Å². The first-order valence-corrected chi connectivity index (χ1v) is 3.75. The zero-order chi connectivity index (χ0) is 8.39. The number of nitrogens with one attached hydrogen (secondary N) is 1. The molecule has 0 unspecified atom stereocenters. The number of hydrogen-bond donors (Lipinski definition) is 2. The molecule has 3 N–H and O–H groups in total. The van der Waals surface area contributed by atoms with Gasteiger partial charge in [-0.3, -0.25) is 0 Å². The number of fused-ring (bicyclic) bond motifs is 1. The van der Waals surface area contributed by atoms with Crippen molar-refractivity contribution in [1.29, 1.82) is 0 Å². The normalized spacial score (nSPS) is 10.8. The molecule has 0 saturated carbocycles. The summed E-state index contributed by atoms with van der Waals surface area (Å²) in [4.78, 5) is 15.2. The second-order valence-corrected chi connectivity index (χ2v) is 2.46. The third kappa shape index (κ3) is 1.14. The SMILES string of the molecule is NCCc1ncc2[nH]cnc2n1. The summed E-state index contributed by atoms with van der Waals surface area (Å²) in [7, 11) is 0. The Balaban J connectivity index is 2.46. The zero-order valence-corrected chi connectivity index (χ0v) is 6.49. The largest absolute Gasteiger partial charge is 0.342 e. The standard InChI is InChI=1S/C7H9N5/c8-2-1-6-9-3-5-7(12-6)11-4-10-5/h3-4H,1-2,8H2,(H,9,10,11,12). The molecule has 2 aromatic rings. The molecule has 62 valence electrons. The molecule has 0 bridgehead atoms. The molecule has 0 aromatic carbocycles. The predicted molar refractivity (Wildman–Crippen MR) is 44.4 cm³/mol. The van der Waals surface area contributed by atoms with Gasteiger partial charge in [-0.15, -0.1) is 0 Å². The fraction of sp³-hybridized carbons (Fsp3) is 0.286. The minimum Gasteiger partial charge on any atom is -0.342 e. The van der Waals surface area contributed by atoms with Crippen LogP contribution >= 0.6 is 0 Å². The lowest BCUT2D eigenvalue weighted by atomic mass is 10.4. The number of aromatic amines is 1. The first-order chi connectivity index (χ1) is 5.90. The number of aromatic nitrogens is 4. The molecule has 0 amide bonds. The molecule has 2 aromatic heterocycles. The van der Waals surface area contributed by atoms with E-state index in [9.17, 15) is 0 Å². The van der Waals surface area contributed by atoms with Gasteiger partial charge in [-0.25, -0.2) is 15.0 Å². The molecule has 0 atom stereocenters. The molecule has 5 heteroatoms. The molecule has 0 aliphatic carbocycles. The van der Waals surface area contributed by atoms with E-state index in [-0.39, 0.29) is 0 Å². The highest BCUT2D eigenvalue weighted by molar-refractivity contribution is 5.67. The monoisotopic (exact) mass is 163 g/mol. The summed E-state index contributed by atoms with van der Waals surface area (Å²) in [5.41, 5.74) is 6.93. The maximum atomic E-state index is 5.37. The van der Waals surface area contributed by atoms with E-state index in [1.54, 1.807) is 12.5 Å². The maximum Gasteiger partial charge on any atom is 0.180 e. The van der Waals surface area contributed by atoms with Crippen LogP contribution in [0.15, 0.2) is 12.5 Å². The summed E-state index contributed by atoms with van der Waals surface area (Å²) in [6.45, 7) is 0.565. The Morgan fingerprint density at radius 1 is 1.42 bits per heavy atom. The summed E-state index contributed by atoms with van der Waals surface area (Å²) in [6, 6.07) is 0. The lowest BCUT2D eigenvalue weighted by Gasteiger charge is -1.94. The Morgan fingerprint density at radius 2 is 2.33 bits per heavy atom. The van der Waals surface area contributed by atoms with Crippen molar-refractivity contribution in [3.8, 4) is 0 Å². The van der Waals surface area contributed by atoms with Gasteiger partial charge in [0.15, 0.2) is 5.65 Å². The molecule has 0 spiro atoms. The van der Waals surface area contributed by atoms with Crippen LogP contribution < -0.4 is 5.73 Å². The molecule has 12 heavy (non-hydrogen) atoms. The lowest BCUT2D eigenvalue weighted by Crippen LogP contribution is -2.06. The maximum absolute atomic E-state index is 5.37. The first-order valence-electron chi connectivity index (χ1n) is 3.75. The van der Waals surface area contributed by atoms with Crippen LogP contribution in [0, 0.1) is 0 Å². The number of hydrogen-bond acceptors (Lipinski definition) is 4. The number of H-pyrrole nitrogens is 1. The van der Waals surface area contributed by atoms with Crippen LogP contribution in [-0.4, -0.2) is 26.5 Å². The van der Waals surface area contributed by atoms with Crippen molar-refractivity contribution < 1.29 is 0 Å². The quantitative estimate of drug-likeness (QED) is 0.645. The van der Waals surface area contributed by atoms with E-state index < -0.39 is 0 Å². The Kier molecular flexibility index (Phi) is 1.71. The molecule has 5 nitrogen and oxygen atoms in total. The number of rotatable bonds is 2. The second-order valence-electron chi connectivity index (χ2n) is 2.46. The zero-order valence-electron chi connectivity index (χ0n) is 6.49. The van der Waals surface area contributed by atoms with Gasteiger partial charge in [-0.1, -0.05) is 0 Å². The number of imidazole rings is 1. The second kappa shape index (κ2) is 2.86. The highest BCUT2D eigenvalue weighted by Gasteiger charge is 1.99. The van der Waals surface area contributed by atoms with Gasteiger partial charge in [0.2, 0.25) is 0 Å². The molecule has 0 fully saturated rings. The third-order valence-electron chi connectivity index (χ3n) is 1.59. The van der Waals surface area contributed by atoms with Crippen LogP contribution in [0.25, 0.3) is 11.2 Å². The van der Waals surface area contributed by atoms with Crippen LogP contribution in [0.5, 0.6) is 0 Å². The van der Waals surface area contributed by atoms with Gasteiger partial charge >= 0.3 is 0 Å². The van der Waals surface area contributed by atoms with Crippen molar-refractivity contribution in [2.24, 2.45) is 5.73 Å². The van der Waals surface area contributed by atoms with Gasteiger partial charge in [-0.05, 0) is 6.54 Å². The molecular weight excluding hydrogens is 154 g/mol. The van der Waals surface area contributed by atoms with Crippen LogP contribution in [0.4, 0.5) is 0 Å². The van der Waals surface area contributed by atoms with Crippen molar-refractivity contribution in [3.05, 3.63) is 18.3 Å². The van der Waals surface area contributed by atoms with E-state index in [1.165, 1.54) is 0 Å². The van der Waals surface area contributed by atoms with Gasteiger partial charge in [0.1, 0.15) is 11.3 Å². The molecule has 2 rings (SSSR count). The Bertz CT molecular complexity index is 380. The highest BCUT2D eigenvalue weighted by atomic mass is 15.0. The van der Waals surface area contributed by atoms with E-state index in [0.717, 1.165) is 11.3 Å². The van der Waals surface area contributed by atoms with Crippen molar-refractivity contribution >= 4 is 11.2 Å². The lowest BCUT2D eigenvalue weighted by molar-refractivity contribution is 0.877. The average Bonchev–Trinajstić information content (AvgIpc) is 2.51. The minimum atomic E-state index is 0.565. The Hall–Kier alpha value is -1.49. The smallest absolute Gasteiger partial charge is 0.180 e. The fourth-order valence-electron chi connectivity index (χ4n) is 1.02. The van der Waals surface area contributed by atoms with Crippen molar-refractivity contribution in [1.82, 2.24) is 19.9 Å². The highest BCUT2D eigenvalue weighted by Crippen LogP contribution is 2.03. The first kappa shape index (κ1) is 7.17. The molecule has 2 heterocycles. The Labute approximate surface area is 69.1 Å². The van der Waals surface area contributed by atoms with E-state index in [0.29, 0.717) is 18.6 Å². The minimum absolute atomic E-state index is 0.565. The van der Waals surface area contributed by atoms with E-state index >= 15 is 0 Å². The Morgan fingerprint density at radius 3 is 3.17 bits per heavy atom. The van der Waals surface area contributed by atoms with Crippen LogP contribution in [-0.2, 0) is 6.42 Å². The van der Waals surface area contributed by atoms with Gasteiger partial charge < -0.3 is 10.7 Å². The topological polar surface area (TPSA) is 80.5 Å². The summed E-state index contributed by atoms with van der Waals surface area (Å²) >= 11 is 0. The predicted octanol–water partition coefficient (Wildman–Crippen LogP) is -0.146. The van der Waals surface area contributed by atoms with E-state index in [1.807, 2.05) is 0 Å². The van der Waals surface area contributed by atoms with Gasteiger partial charge in [0.05, 0.1) is 12.5 Å². The van der Waals surface area contributed by atoms with Gasteiger partial charge in [-0.2, -0.15) is 0 Å². The number of nitrogens with two attached hydrogens (primary N) is 1. The van der Waals surface area contributed by atoms with Gasteiger partial charge in [0.25, 0.3) is 0 Å². The van der Waals surface area contributed by atoms with Crippen LogP contribution in [0.2, 0.25) is 0 Å². The van der Waals surface area contributed by atoms with Crippen LogP contribution in [0.3, 0.4) is 0 Å². The fourth-order valence-corrected chi connectivity index (χ4v) is 1.02.